The SMILES string of the molecule is O=S1(=O)CCC(O)(CNc2ncnc(-c3ccccc3)n2)C1. The highest BCUT2D eigenvalue weighted by molar-refractivity contribution is 7.91. The number of benzene rings is 1. The van der Waals surface area contributed by atoms with Gasteiger partial charge in [-0.25, -0.2) is 18.4 Å². The molecule has 1 unspecified atom stereocenters. The molecule has 1 aromatic carbocycles. The molecular formula is C14H16N4O3S. The fourth-order valence-electron chi connectivity index (χ4n) is 2.39. The predicted molar refractivity (Wildman–Crippen MR) is 82.0 cm³/mol. The van der Waals surface area contributed by atoms with Gasteiger partial charge in [0.15, 0.2) is 15.7 Å². The van der Waals surface area contributed by atoms with Crippen molar-refractivity contribution in [3.05, 3.63) is 36.7 Å². The van der Waals surface area contributed by atoms with Crippen molar-refractivity contribution in [3.8, 4) is 11.4 Å². The quantitative estimate of drug-likeness (QED) is 0.845. The standard InChI is InChI=1S/C14H16N4O3S/c19-14(6-7-22(20,21)9-14)8-15-13-17-10-16-12(18-13)11-4-2-1-3-5-11/h1-5,10,19H,6-9H2,(H,15,16,17,18). The molecule has 0 saturated carbocycles. The molecule has 0 bridgehead atoms. The van der Waals surface area contributed by atoms with Gasteiger partial charge in [0.25, 0.3) is 0 Å². The van der Waals surface area contributed by atoms with E-state index in [2.05, 4.69) is 20.3 Å². The third-order valence-electron chi connectivity index (χ3n) is 3.55. The fourth-order valence-corrected chi connectivity index (χ4v) is 4.29. The third-order valence-corrected chi connectivity index (χ3v) is 5.35. The van der Waals surface area contributed by atoms with Gasteiger partial charge in [0.2, 0.25) is 5.95 Å². The lowest BCUT2D eigenvalue weighted by Gasteiger charge is -2.20. The van der Waals surface area contributed by atoms with E-state index in [1.165, 1.54) is 6.33 Å². The Morgan fingerprint density at radius 1 is 1.23 bits per heavy atom. The van der Waals surface area contributed by atoms with Crippen LogP contribution in [0.25, 0.3) is 11.4 Å². The summed E-state index contributed by atoms with van der Waals surface area (Å²) < 4.78 is 22.9. The maximum absolute atomic E-state index is 11.5. The second kappa shape index (κ2) is 5.62. The van der Waals surface area contributed by atoms with E-state index in [0.717, 1.165) is 5.56 Å². The second-order valence-electron chi connectivity index (χ2n) is 5.42. The van der Waals surface area contributed by atoms with Crippen LogP contribution < -0.4 is 5.32 Å². The highest BCUT2D eigenvalue weighted by Crippen LogP contribution is 2.23. The van der Waals surface area contributed by atoms with Crippen molar-refractivity contribution in [1.82, 2.24) is 15.0 Å². The molecule has 0 aliphatic carbocycles. The highest BCUT2D eigenvalue weighted by Gasteiger charge is 2.40. The average Bonchev–Trinajstić information content (AvgIpc) is 2.81. The van der Waals surface area contributed by atoms with Crippen molar-refractivity contribution in [2.24, 2.45) is 0 Å². The van der Waals surface area contributed by atoms with Gasteiger partial charge in [-0.3, -0.25) is 0 Å². The molecule has 3 rings (SSSR count). The topological polar surface area (TPSA) is 105 Å². The van der Waals surface area contributed by atoms with Crippen LogP contribution in [-0.2, 0) is 9.84 Å². The molecule has 2 N–H and O–H groups in total. The normalized spacial score (nSPS) is 23.3. The first kappa shape index (κ1) is 14.9. The molecule has 1 aliphatic heterocycles. The van der Waals surface area contributed by atoms with Crippen LogP contribution in [0.1, 0.15) is 6.42 Å². The molecule has 116 valence electrons. The van der Waals surface area contributed by atoms with Crippen molar-refractivity contribution >= 4 is 15.8 Å². The zero-order chi connectivity index (χ0) is 15.6. The Morgan fingerprint density at radius 3 is 2.68 bits per heavy atom. The Hall–Kier alpha value is -2.06. The number of hydrogen-bond donors (Lipinski definition) is 2. The molecule has 1 aromatic heterocycles. The molecule has 2 heterocycles. The van der Waals surface area contributed by atoms with E-state index in [1.807, 2.05) is 30.3 Å². The maximum Gasteiger partial charge on any atom is 0.226 e. The average molecular weight is 320 g/mol. The van der Waals surface area contributed by atoms with Crippen molar-refractivity contribution in [2.45, 2.75) is 12.0 Å². The Balaban J connectivity index is 1.72. The number of sulfone groups is 1. The number of hydrogen-bond acceptors (Lipinski definition) is 7. The Kier molecular flexibility index (Phi) is 3.79. The first-order valence-electron chi connectivity index (χ1n) is 6.87. The molecule has 0 radical (unpaired) electrons. The minimum atomic E-state index is -3.15. The minimum absolute atomic E-state index is 0.0116. The van der Waals surface area contributed by atoms with Gasteiger partial charge in [-0.15, -0.1) is 0 Å². The third kappa shape index (κ3) is 3.40. The Bertz CT molecular complexity index is 767. The highest BCUT2D eigenvalue weighted by atomic mass is 32.2. The lowest BCUT2D eigenvalue weighted by atomic mass is 10.0. The summed E-state index contributed by atoms with van der Waals surface area (Å²) in [5.74, 6) is 0.608. The van der Waals surface area contributed by atoms with Crippen molar-refractivity contribution < 1.29 is 13.5 Å². The van der Waals surface area contributed by atoms with Crippen molar-refractivity contribution in [2.75, 3.05) is 23.4 Å². The summed E-state index contributed by atoms with van der Waals surface area (Å²) >= 11 is 0. The molecule has 7 nitrogen and oxygen atoms in total. The molecule has 2 aromatic rings. The van der Waals surface area contributed by atoms with Crippen LogP contribution in [-0.4, -0.2) is 52.1 Å². The smallest absolute Gasteiger partial charge is 0.226 e. The number of aliphatic hydroxyl groups is 1. The summed E-state index contributed by atoms with van der Waals surface area (Å²) in [4.78, 5) is 12.4. The summed E-state index contributed by atoms with van der Waals surface area (Å²) in [6, 6.07) is 9.45. The molecular weight excluding hydrogens is 304 g/mol. The molecule has 1 atom stereocenters. The zero-order valence-electron chi connectivity index (χ0n) is 11.8. The molecule has 0 spiro atoms. The van der Waals surface area contributed by atoms with Gasteiger partial charge in [-0.2, -0.15) is 4.98 Å². The van der Waals surface area contributed by atoms with E-state index >= 15 is 0 Å². The van der Waals surface area contributed by atoms with Crippen molar-refractivity contribution in [1.29, 1.82) is 0 Å². The Morgan fingerprint density at radius 2 is 2.00 bits per heavy atom. The van der Waals surface area contributed by atoms with Gasteiger partial charge >= 0.3 is 0 Å². The van der Waals surface area contributed by atoms with E-state index in [-0.39, 0.29) is 24.5 Å². The van der Waals surface area contributed by atoms with E-state index in [0.29, 0.717) is 11.8 Å². The zero-order valence-corrected chi connectivity index (χ0v) is 12.6. The van der Waals surface area contributed by atoms with Crippen LogP contribution in [0.3, 0.4) is 0 Å². The van der Waals surface area contributed by atoms with Gasteiger partial charge in [-0.1, -0.05) is 30.3 Å². The first-order chi connectivity index (χ1) is 10.5. The van der Waals surface area contributed by atoms with E-state index in [4.69, 9.17) is 0 Å². The summed E-state index contributed by atoms with van der Waals surface area (Å²) in [5.41, 5.74) is -0.409. The number of rotatable bonds is 4. The van der Waals surface area contributed by atoms with Crippen LogP contribution in [0.4, 0.5) is 5.95 Å². The predicted octanol–water partition coefficient (Wildman–Crippen LogP) is 0.500. The minimum Gasteiger partial charge on any atom is -0.387 e. The van der Waals surface area contributed by atoms with Crippen LogP contribution in [0.2, 0.25) is 0 Å². The summed E-state index contributed by atoms with van der Waals surface area (Å²) in [6.07, 6.45) is 1.60. The molecule has 22 heavy (non-hydrogen) atoms. The molecule has 1 fully saturated rings. The maximum atomic E-state index is 11.5. The molecule has 1 aliphatic rings. The van der Waals surface area contributed by atoms with E-state index in [1.54, 1.807) is 0 Å². The van der Waals surface area contributed by atoms with Gasteiger partial charge in [0.05, 0.1) is 17.1 Å². The van der Waals surface area contributed by atoms with Gasteiger partial charge in [-0.05, 0) is 6.42 Å². The van der Waals surface area contributed by atoms with Gasteiger partial charge < -0.3 is 10.4 Å². The van der Waals surface area contributed by atoms with Crippen LogP contribution in [0, 0.1) is 0 Å². The number of anilines is 1. The van der Waals surface area contributed by atoms with Gasteiger partial charge in [0, 0.05) is 12.1 Å². The van der Waals surface area contributed by atoms with Gasteiger partial charge in [0.1, 0.15) is 6.33 Å². The Labute approximate surface area is 128 Å². The largest absolute Gasteiger partial charge is 0.387 e. The number of aromatic nitrogens is 3. The van der Waals surface area contributed by atoms with Crippen LogP contribution in [0.15, 0.2) is 36.7 Å². The monoisotopic (exact) mass is 320 g/mol. The first-order valence-corrected chi connectivity index (χ1v) is 8.69. The van der Waals surface area contributed by atoms with Crippen LogP contribution >= 0.6 is 0 Å². The summed E-state index contributed by atoms with van der Waals surface area (Å²) in [7, 11) is -3.15. The molecule has 0 amide bonds. The second-order valence-corrected chi connectivity index (χ2v) is 7.60. The van der Waals surface area contributed by atoms with E-state index in [9.17, 15) is 13.5 Å². The lowest BCUT2D eigenvalue weighted by molar-refractivity contribution is 0.0813. The number of nitrogens with zero attached hydrogens (tertiary/aromatic N) is 3. The van der Waals surface area contributed by atoms with Crippen LogP contribution in [0.5, 0.6) is 0 Å². The van der Waals surface area contributed by atoms with Crippen molar-refractivity contribution in [3.63, 3.8) is 0 Å². The molecule has 1 saturated heterocycles. The molecule has 8 heteroatoms. The lowest BCUT2D eigenvalue weighted by Crippen LogP contribution is -2.38. The number of nitrogens with one attached hydrogen (secondary N) is 1. The summed E-state index contributed by atoms with van der Waals surface area (Å²) in [5, 5.41) is 13.2. The summed E-state index contributed by atoms with van der Waals surface area (Å²) in [6.45, 7) is 0.0878. The van der Waals surface area contributed by atoms with E-state index < -0.39 is 15.4 Å². The fraction of sp³-hybridized carbons (Fsp3) is 0.357.